The summed E-state index contributed by atoms with van der Waals surface area (Å²) < 4.78 is 11.4. The van der Waals surface area contributed by atoms with Gasteiger partial charge in [0.25, 0.3) is 0 Å². The van der Waals surface area contributed by atoms with Crippen LogP contribution in [-0.4, -0.2) is 37.1 Å². The summed E-state index contributed by atoms with van der Waals surface area (Å²) in [6.45, 7) is 8.67. The van der Waals surface area contributed by atoms with Crippen molar-refractivity contribution in [3.05, 3.63) is 52.6 Å². The molecule has 0 bridgehead atoms. The molecule has 2 aliphatic rings. The molecule has 5 nitrogen and oxygen atoms in total. The molecule has 0 aromatic heterocycles. The zero-order valence-corrected chi connectivity index (χ0v) is 16.9. The number of ether oxygens (including phenoxy) is 2. The van der Waals surface area contributed by atoms with Crippen molar-refractivity contribution in [3.8, 4) is 11.5 Å². The van der Waals surface area contributed by atoms with Crippen molar-refractivity contribution in [2.24, 2.45) is 0 Å². The number of nitrogens with zero attached hydrogens (tertiary/aromatic N) is 1. The summed E-state index contributed by atoms with van der Waals surface area (Å²) in [4.78, 5) is 15.0. The Morgan fingerprint density at radius 1 is 1.07 bits per heavy atom. The highest BCUT2D eigenvalue weighted by molar-refractivity contribution is 5.93. The van der Waals surface area contributed by atoms with Crippen LogP contribution < -0.4 is 14.8 Å². The highest BCUT2D eigenvalue weighted by Crippen LogP contribution is 2.38. The lowest BCUT2D eigenvalue weighted by molar-refractivity contribution is -0.117. The van der Waals surface area contributed by atoms with Gasteiger partial charge >= 0.3 is 0 Å². The van der Waals surface area contributed by atoms with Crippen molar-refractivity contribution < 1.29 is 14.3 Å². The van der Waals surface area contributed by atoms with Gasteiger partial charge in [0.15, 0.2) is 11.5 Å². The van der Waals surface area contributed by atoms with Gasteiger partial charge in [0, 0.05) is 11.7 Å². The van der Waals surface area contributed by atoms with Crippen LogP contribution in [0.3, 0.4) is 0 Å². The van der Waals surface area contributed by atoms with Gasteiger partial charge in [-0.3, -0.25) is 9.69 Å². The van der Waals surface area contributed by atoms with Gasteiger partial charge in [0.1, 0.15) is 13.2 Å². The van der Waals surface area contributed by atoms with Crippen molar-refractivity contribution in [1.82, 2.24) is 4.90 Å². The number of carbonyl (C=O) groups is 1. The molecule has 1 unspecified atom stereocenters. The number of nitrogens with one attached hydrogen (secondary N) is 1. The molecule has 0 saturated carbocycles. The van der Waals surface area contributed by atoms with Gasteiger partial charge in [-0.15, -0.1) is 0 Å². The molecule has 2 aromatic carbocycles. The molecule has 1 atom stereocenters. The van der Waals surface area contributed by atoms with E-state index in [-0.39, 0.29) is 11.9 Å². The molecular weight excluding hydrogens is 352 g/mol. The van der Waals surface area contributed by atoms with E-state index in [0.29, 0.717) is 19.8 Å². The molecule has 4 rings (SSSR count). The Morgan fingerprint density at radius 3 is 2.54 bits per heavy atom. The normalized spacial score (nSPS) is 18.9. The molecule has 0 aliphatic carbocycles. The average molecular weight is 380 g/mol. The van der Waals surface area contributed by atoms with Crippen molar-refractivity contribution in [3.63, 3.8) is 0 Å². The molecule has 2 aromatic rings. The number of benzene rings is 2. The van der Waals surface area contributed by atoms with E-state index in [4.69, 9.17) is 9.47 Å². The molecular formula is C23H28N2O3. The van der Waals surface area contributed by atoms with Crippen LogP contribution in [0.1, 0.15) is 41.1 Å². The summed E-state index contributed by atoms with van der Waals surface area (Å²) in [6, 6.07) is 10.6. The standard InChI is InChI=1S/C23H28N2O3/c1-15-11-16(2)23(17(3)12-15)24-22(26)14-25-8-4-5-19(25)18-6-7-20-21(13-18)28-10-9-27-20/h6-7,11-13,19H,4-5,8-10,14H2,1-3H3,(H,24,26). The molecule has 1 fully saturated rings. The van der Waals surface area contributed by atoms with Crippen molar-refractivity contribution in [2.75, 3.05) is 31.6 Å². The lowest BCUT2D eigenvalue weighted by atomic mass is 10.0. The van der Waals surface area contributed by atoms with E-state index in [9.17, 15) is 4.79 Å². The molecule has 0 radical (unpaired) electrons. The molecule has 2 heterocycles. The number of likely N-dealkylation sites (tertiary alicyclic amines) is 1. The molecule has 2 aliphatic heterocycles. The summed E-state index contributed by atoms with van der Waals surface area (Å²) in [5.41, 5.74) is 5.56. The SMILES string of the molecule is Cc1cc(C)c(NC(=O)CN2CCCC2c2ccc3c(c2)OCCO3)c(C)c1. The third-order valence-electron chi connectivity index (χ3n) is 5.60. The Labute approximate surface area is 166 Å². The van der Waals surface area contributed by atoms with Crippen molar-refractivity contribution in [1.29, 1.82) is 0 Å². The highest BCUT2D eigenvalue weighted by atomic mass is 16.6. The number of rotatable bonds is 4. The summed E-state index contributed by atoms with van der Waals surface area (Å²) in [5.74, 6) is 1.66. The number of hydrogen-bond donors (Lipinski definition) is 1. The number of anilines is 1. The van der Waals surface area contributed by atoms with Gasteiger partial charge in [-0.25, -0.2) is 0 Å². The zero-order chi connectivity index (χ0) is 19.7. The van der Waals surface area contributed by atoms with Crippen LogP contribution in [0.4, 0.5) is 5.69 Å². The fraction of sp³-hybridized carbons (Fsp3) is 0.435. The van der Waals surface area contributed by atoms with Gasteiger partial charge in [-0.1, -0.05) is 23.8 Å². The molecule has 5 heteroatoms. The van der Waals surface area contributed by atoms with Crippen LogP contribution in [0.5, 0.6) is 11.5 Å². The van der Waals surface area contributed by atoms with E-state index in [1.165, 1.54) is 11.1 Å². The Bertz CT molecular complexity index is 870. The van der Waals surface area contributed by atoms with E-state index in [0.717, 1.165) is 47.7 Å². The van der Waals surface area contributed by atoms with Crippen LogP contribution in [0.2, 0.25) is 0 Å². The first kappa shape index (κ1) is 18.8. The van der Waals surface area contributed by atoms with E-state index in [1.54, 1.807) is 0 Å². The minimum absolute atomic E-state index is 0.0412. The maximum absolute atomic E-state index is 12.8. The first-order valence-corrected chi connectivity index (χ1v) is 10.0. The Kier molecular flexibility index (Phi) is 5.27. The monoisotopic (exact) mass is 380 g/mol. The fourth-order valence-electron chi connectivity index (χ4n) is 4.40. The number of amides is 1. The van der Waals surface area contributed by atoms with Crippen molar-refractivity contribution in [2.45, 2.75) is 39.7 Å². The molecule has 148 valence electrons. The topological polar surface area (TPSA) is 50.8 Å². The molecule has 1 N–H and O–H groups in total. The van der Waals surface area contributed by atoms with Crippen LogP contribution in [0, 0.1) is 20.8 Å². The van der Waals surface area contributed by atoms with Gasteiger partial charge in [0.2, 0.25) is 5.91 Å². The van der Waals surface area contributed by atoms with E-state index in [2.05, 4.69) is 41.4 Å². The Morgan fingerprint density at radius 2 is 1.79 bits per heavy atom. The first-order valence-electron chi connectivity index (χ1n) is 10.0. The maximum Gasteiger partial charge on any atom is 0.238 e. The lowest BCUT2D eigenvalue weighted by Gasteiger charge is -2.26. The first-order chi connectivity index (χ1) is 13.5. The highest BCUT2D eigenvalue weighted by Gasteiger charge is 2.29. The van der Waals surface area contributed by atoms with Crippen LogP contribution in [-0.2, 0) is 4.79 Å². The quantitative estimate of drug-likeness (QED) is 0.865. The smallest absolute Gasteiger partial charge is 0.238 e. The molecule has 1 saturated heterocycles. The predicted octanol–water partition coefficient (Wildman–Crippen LogP) is 4.16. The van der Waals surface area contributed by atoms with Gasteiger partial charge < -0.3 is 14.8 Å². The predicted molar refractivity (Wildman–Crippen MR) is 110 cm³/mol. The Balaban J connectivity index is 1.46. The van der Waals surface area contributed by atoms with Crippen LogP contribution in [0.25, 0.3) is 0 Å². The summed E-state index contributed by atoms with van der Waals surface area (Å²) in [6.07, 6.45) is 2.14. The molecule has 0 spiro atoms. The zero-order valence-electron chi connectivity index (χ0n) is 16.9. The molecule has 1 amide bonds. The number of fused-ring (bicyclic) bond motifs is 1. The number of aryl methyl sites for hydroxylation is 3. The second-order valence-electron chi connectivity index (χ2n) is 7.85. The molecule has 28 heavy (non-hydrogen) atoms. The number of hydrogen-bond acceptors (Lipinski definition) is 4. The Hall–Kier alpha value is -2.53. The summed E-state index contributed by atoms with van der Waals surface area (Å²) in [7, 11) is 0. The third-order valence-corrected chi connectivity index (χ3v) is 5.60. The third kappa shape index (κ3) is 3.85. The van der Waals surface area contributed by atoms with Crippen LogP contribution >= 0.6 is 0 Å². The minimum Gasteiger partial charge on any atom is -0.486 e. The van der Waals surface area contributed by atoms with E-state index >= 15 is 0 Å². The second kappa shape index (κ2) is 7.84. The van der Waals surface area contributed by atoms with Gasteiger partial charge in [-0.05, 0) is 69.0 Å². The largest absolute Gasteiger partial charge is 0.486 e. The van der Waals surface area contributed by atoms with Gasteiger partial charge in [-0.2, -0.15) is 0 Å². The second-order valence-corrected chi connectivity index (χ2v) is 7.85. The summed E-state index contributed by atoms with van der Waals surface area (Å²) in [5, 5.41) is 3.13. The van der Waals surface area contributed by atoms with Gasteiger partial charge in [0.05, 0.1) is 6.54 Å². The van der Waals surface area contributed by atoms with E-state index < -0.39 is 0 Å². The fourth-order valence-corrected chi connectivity index (χ4v) is 4.40. The minimum atomic E-state index is 0.0412. The average Bonchev–Trinajstić information content (AvgIpc) is 3.12. The summed E-state index contributed by atoms with van der Waals surface area (Å²) >= 11 is 0. The van der Waals surface area contributed by atoms with Crippen molar-refractivity contribution >= 4 is 11.6 Å². The lowest BCUT2D eigenvalue weighted by Crippen LogP contribution is -2.33. The maximum atomic E-state index is 12.8. The number of carbonyl (C=O) groups excluding carboxylic acids is 1. The van der Waals surface area contributed by atoms with E-state index in [1.807, 2.05) is 19.9 Å². The van der Waals surface area contributed by atoms with Crippen LogP contribution in [0.15, 0.2) is 30.3 Å².